The molecule has 0 bridgehead atoms. The molecule has 2 saturated heterocycles. The molecular weight excluding hydrogens is 297 g/mol. The molecule has 0 radical (unpaired) electrons. The summed E-state index contributed by atoms with van der Waals surface area (Å²) in [4.78, 5) is 9.09. The van der Waals surface area contributed by atoms with Crippen LogP contribution >= 0.6 is 23.2 Å². The third-order valence-corrected chi connectivity index (χ3v) is 4.63. The van der Waals surface area contributed by atoms with Crippen LogP contribution in [0.5, 0.6) is 0 Å². The highest BCUT2D eigenvalue weighted by molar-refractivity contribution is 6.32. The normalized spacial score (nSPS) is 25.2. The van der Waals surface area contributed by atoms with E-state index in [0.717, 1.165) is 51.5 Å². The summed E-state index contributed by atoms with van der Waals surface area (Å²) < 4.78 is 5.42. The van der Waals surface area contributed by atoms with Crippen molar-refractivity contribution in [3.8, 4) is 0 Å². The number of pyridine rings is 1. The van der Waals surface area contributed by atoms with Crippen LogP contribution in [0.25, 0.3) is 0 Å². The van der Waals surface area contributed by atoms with Crippen LogP contribution in [-0.2, 0) is 11.3 Å². The number of nitrogens with zero attached hydrogens (tertiary/aromatic N) is 3. The lowest BCUT2D eigenvalue weighted by atomic mass is 10.2. The zero-order valence-electron chi connectivity index (χ0n) is 11.4. The minimum absolute atomic E-state index is 0.450. The minimum atomic E-state index is 0.450. The van der Waals surface area contributed by atoms with Crippen LogP contribution in [0.3, 0.4) is 0 Å². The van der Waals surface area contributed by atoms with E-state index in [1.807, 2.05) is 6.07 Å². The standard InChI is InChI=1S/C14H19Cl2N3O/c15-13-2-1-11(14(16)17-13)9-18-4-3-12(10-18)19-5-7-20-8-6-19/h1-2,12H,3-10H2. The van der Waals surface area contributed by atoms with Gasteiger partial charge in [0.1, 0.15) is 10.3 Å². The maximum atomic E-state index is 6.14. The Morgan fingerprint density at radius 2 is 2.00 bits per heavy atom. The van der Waals surface area contributed by atoms with Crippen molar-refractivity contribution >= 4 is 23.2 Å². The van der Waals surface area contributed by atoms with Gasteiger partial charge in [0.05, 0.1) is 13.2 Å². The zero-order chi connectivity index (χ0) is 13.9. The topological polar surface area (TPSA) is 28.6 Å². The molecule has 3 heterocycles. The lowest BCUT2D eigenvalue weighted by Gasteiger charge is -2.32. The van der Waals surface area contributed by atoms with Crippen molar-refractivity contribution in [3.63, 3.8) is 0 Å². The van der Waals surface area contributed by atoms with Crippen LogP contribution in [0.4, 0.5) is 0 Å². The van der Waals surface area contributed by atoms with Crippen molar-refractivity contribution in [2.24, 2.45) is 0 Å². The van der Waals surface area contributed by atoms with Gasteiger partial charge in [0.2, 0.25) is 0 Å². The van der Waals surface area contributed by atoms with Gasteiger partial charge in [0, 0.05) is 44.3 Å². The second kappa shape index (κ2) is 6.58. The fourth-order valence-electron chi connectivity index (χ4n) is 3.00. The van der Waals surface area contributed by atoms with E-state index in [1.165, 1.54) is 6.42 Å². The molecule has 110 valence electrons. The average molecular weight is 316 g/mol. The first-order valence-electron chi connectivity index (χ1n) is 7.07. The molecule has 1 aromatic heterocycles. The predicted octanol–water partition coefficient (Wildman–Crippen LogP) is 2.29. The molecule has 2 aliphatic heterocycles. The molecule has 1 atom stereocenters. The first-order chi connectivity index (χ1) is 9.72. The fourth-order valence-corrected chi connectivity index (χ4v) is 3.40. The van der Waals surface area contributed by atoms with E-state index in [2.05, 4.69) is 14.8 Å². The highest BCUT2D eigenvalue weighted by atomic mass is 35.5. The zero-order valence-corrected chi connectivity index (χ0v) is 12.9. The van der Waals surface area contributed by atoms with Crippen LogP contribution in [0, 0.1) is 0 Å². The number of hydrogen-bond acceptors (Lipinski definition) is 4. The lowest BCUT2D eigenvalue weighted by Crippen LogP contribution is -2.44. The van der Waals surface area contributed by atoms with Crippen molar-refractivity contribution in [2.45, 2.75) is 19.0 Å². The van der Waals surface area contributed by atoms with Crippen molar-refractivity contribution < 1.29 is 4.74 Å². The summed E-state index contributed by atoms with van der Waals surface area (Å²) in [5.41, 5.74) is 1.05. The Bertz CT molecular complexity index is 466. The fraction of sp³-hybridized carbons (Fsp3) is 0.643. The van der Waals surface area contributed by atoms with E-state index >= 15 is 0 Å². The van der Waals surface area contributed by atoms with Gasteiger partial charge in [-0.2, -0.15) is 0 Å². The molecule has 1 unspecified atom stereocenters. The summed E-state index contributed by atoms with van der Waals surface area (Å²) in [5.74, 6) is 0. The number of rotatable bonds is 3. The van der Waals surface area contributed by atoms with E-state index in [1.54, 1.807) is 6.07 Å². The van der Waals surface area contributed by atoms with Gasteiger partial charge in [-0.05, 0) is 12.5 Å². The summed E-state index contributed by atoms with van der Waals surface area (Å²) in [5, 5.41) is 0.971. The predicted molar refractivity (Wildman–Crippen MR) is 80.3 cm³/mol. The van der Waals surface area contributed by atoms with E-state index in [4.69, 9.17) is 27.9 Å². The van der Waals surface area contributed by atoms with Crippen LogP contribution in [-0.4, -0.2) is 60.2 Å². The van der Waals surface area contributed by atoms with E-state index in [9.17, 15) is 0 Å². The number of morpholine rings is 1. The quantitative estimate of drug-likeness (QED) is 0.800. The Kier molecular flexibility index (Phi) is 4.79. The van der Waals surface area contributed by atoms with Gasteiger partial charge in [-0.15, -0.1) is 0 Å². The van der Waals surface area contributed by atoms with Crippen LogP contribution in [0.1, 0.15) is 12.0 Å². The van der Waals surface area contributed by atoms with Gasteiger partial charge in [-0.3, -0.25) is 9.80 Å². The molecule has 0 saturated carbocycles. The van der Waals surface area contributed by atoms with E-state index in [-0.39, 0.29) is 0 Å². The average Bonchev–Trinajstić information content (AvgIpc) is 2.92. The number of halogens is 2. The number of hydrogen-bond donors (Lipinski definition) is 0. The molecule has 0 aliphatic carbocycles. The molecule has 6 heteroatoms. The van der Waals surface area contributed by atoms with Crippen LogP contribution in [0.15, 0.2) is 12.1 Å². The summed E-state index contributed by atoms with van der Waals surface area (Å²) in [7, 11) is 0. The maximum Gasteiger partial charge on any atom is 0.135 e. The lowest BCUT2D eigenvalue weighted by molar-refractivity contribution is 0.0184. The second-order valence-electron chi connectivity index (χ2n) is 5.41. The molecule has 0 spiro atoms. The summed E-state index contributed by atoms with van der Waals surface area (Å²) in [6.07, 6.45) is 1.22. The molecule has 20 heavy (non-hydrogen) atoms. The second-order valence-corrected chi connectivity index (χ2v) is 6.16. The molecule has 0 amide bonds. The van der Waals surface area contributed by atoms with Gasteiger partial charge >= 0.3 is 0 Å². The molecule has 2 fully saturated rings. The molecule has 1 aromatic rings. The highest BCUT2D eigenvalue weighted by Gasteiger charge is 2.28. The monoisotopic (exact) mass is 315 g/mol. The Morgan fingerprint density at radius 3 is 2.75 bits per heavy atom. The van der Waals surface area contributed by atoms with Crippen molar-refractivity contribution in [1.29, 1.82) is 0 Å². The van der Waals surface area contributed by atoms with Gasteiger partial charge < -0.3 is 4.74 Å². The van der Waals surface area contributed by atoms with Crippen molar-refractivity contribution in [2.75, 3.05) is 39.4 Å². The number of aromatic nitrogens is 1. The van der Waals surface area contributed by atoms with Crippen molar-refractivity contribution in [3.05, 3.63) is 28.0 Å². The third kappa shape index (κ3) is 3.43. The Morgan fingerprint density at radius 1 is 1.20 bits per heavy atom. The molecule has 0 aromatic carbocycles. The smallest absolute Gasteiger partial charge is 0.135 e. The largest absolute Gasteiger partial charge is 0.379 e. The Balaban J connectivity index is 1.57. The molecule has 3 rings (SSSR count). The molecule has 0 N–H and O–H groups in total. The van der Waals surface area contributed by atoms with Gasteiger partial charge in [-0.25, -0.2) is 4.98 Å². The van der Waals surface area contributed by atoms with Gasteiger partial charge in [-0.1, -0.05) is 29.3 Å². The minimum Gasteiger partial charge on any atom is -0.379 e. The maximum absolute atomic E-state index is 6.14. The highest BCUT2D eigenvalue weighted by Crippen LogP contribution is 2.22. The van der Waals surface area contributed by atoms with Crippen LogP contribution < -0.4 is 0 Å². The van der Waals surface area contributed by atoms with E-state index < -0.39 is 0 Å². The number of likely N-dealkylation sites (tertiary alicyclic amines) is 1. The first kappa shape index (κ1) is 14.5. The molecule has 2 aliphatic rings. The summed E-state index contributed by atoms with van der Waals surface area (Å²) in [6.45, 7) is 6.90. The number of ether oxygens (including phenoxy) is 1. The Hall–Kier alpha value is -0.390. The van der Waals surface area contributed by atoms with Gasteiger partial charge in [0.25, 0.3) is 0 Å². The summed E-state index contributed by atoms with van der Waals surface area (Å²) >= 11 is 12.0. The SMILES string of the molecule is Clc1ccc(CN2CCC(N3CCOCC3)C2)c(Cl)n1. The van der Waals surface area contributed by atoms with E-state index in [0.29, 0.717) is 16.3 Å². The van der Waals surface area contributed by atoms with Crippen molar-refractivity contribution in [1.82, 2.24) is 14.8 Å². The summed E-state index contributed by atoms with van der Waals surface area (Å²) in [6, 6.07) is 4.43. The molecular formula is C14H19Cl2N3O. The van der Waals surface area contributed by atoms with Gasteiger partial charge in [0.15, 0.2) is 0 Å². The molecule has 4 nitrogen and oxygen atoms in total. The van der Waals surface area contributed by atoms with Crippen LogP contribution in [0.2, 0.25) is 10.3 Å². The Labute approximate surface area is 129 Å². The first-order valence-corrected chi connectivity index (χ1v) is 7.83. The third-order valence-electron chi connectivity index (χ3n) is 4.10.